The van der Waals surface area contributed by atoms with Gasteiger partial charge >= 0.3 is 5.97 Å². The van der Waals surface area contributed by atoms with E-state index in [1.54, 1.807) is 6.08 Å². The molecule has 0 saturated carbocycles. The Morgan fingerprint density at radius 3 is 2.50 bits per heavy atom. The van der Waals surface area contributed by atoms with Gasteiger partial charge in [0, 0.05) is 6.42 Å². The van der Waals surface area contributed by atoms with Crippen molar-refractivity contribution in [3.63, 3.8) is 0 Å². The monoisotopic (exact) mass is 308 g/mol. The molecule has 0 radical (unpaired) electrons. The molecule has 0 spiro atoms. The average Bonchev–Trinajstić information content (AvgIpc) is 2.54. The molecule has 0 rings (SSSR count). The van der Waals surface area contributed by atoms with Crippen LogP contribution in [0.15, 0.2) is 36.5 Å². The van der Waals surface area contributed by atoms with Crippen molar-refractivity contribution >= 4 is 5.97 Å². The van der Waals surface area contributed by atoms with Gasteiger partial charge in [-0.1, -0.05) is 62.6 Å². The summed E-state index contributed by atoms with van der Waals surface area (Å²) in [6, 6.07) is 0. The lowest BCUT2D eigenvalue weighted by Crippen LogP contribution is -1.98. The Morgan fingerprint density at radius 2 is 1.77 bits per heavy atom. The molecule has 0 aliphatic carbocycles. The van der Waals surface area contributed by atoms with Crippen LogP contribution in [0, 0.1) is 0 Å². The number of carbonyl (C=O) groups excluding carboxylic acids is 1. The van der Waals surface area contributed by atoms with Crippen LogP contribution in [0.4, 0.5) is 0 Å². The molecule has 1 unspecified atom stereocenters. The molecule has 0 fully saturated rings. The number of hydrogen-bond acceptors (Lipinski definition) is 3. The fraction of sp³-hybridized carbons (Fsp3) is 0.632. The molecule has 0 heterocycles. The van der Waals surface area contributed by atoms with E-state index in [0.717, 1.165) is 32.1 Å². The van der Waals surface area contributed by atoms with Gasteiger partial charge in [-0.2, -0.15) is 0 Å². The minimum Gasteiger partial charge on any atom is -0.469 e. The Kier molecular flexibility index (Phi) is 15.0. The number of carbonyl (C=O) groups is 1. The molecule has 0 aromatic heterocycles. The van der Waals surface area contributed by atoms with E-state index in [4.69, 9.17) is 0 Å². The fourth-order valence-electron chi connectivity index (χ4n) is 1.94. The molecule has 126 valence electrons. The second-order valence-electron chi connectivity index (χ2n) is 5.38. The number of hydrogen-bond donors (Lipinski definition) is 1. The molecule has 1 atom stereocenters. The number of aliphatic hydroxyl groups excluding tert-OH is 1. The molecule has 0 amide bonds. The van der Waals surface area contributed by atoms with Crippen LogP contribution in [0.25, 0.3) is 0 Å². The number of rotatable bonds is 13. The summed E-state index contributed by atoms with van der Waals surface area (Å²) in [7, 11) is 1.44. The first-order valence-electron chi connectivity index (χ1n) is 8.44. The Bertz CT molecular complexity index is 343. The van der Waals surface area contributed by atoms with Gasteiger partial charge in [-0.3, -0.25) is 4.79 Å². The summed E-state index contributed by atoms with van der Waals surface area (Å²) in [5, 5.41) is 9.32. The Labute approximate surface area is 135 Å². The van der Waals surface area contributed by atoms with Gasteiger partial charge in [-0.05, 0) is 32.1 Å². The van der Waals surface area contributed by atoms with Crippen LogP contribution in [-0.2, 0) is 9.53 Å². The molecule has 0 aromatic carbocycles. The highest BCUT2D eigenvalue weighted by atomic mass is 16.5. The van der Waals surface area contributed by atoms with Gasteiger partial charge in [-0.15, -0.1) is 0 Å². The molecule has 22 heavy (non-hydrogen) atoms. The summed E-state index contributed by atoms with van der Waals surface area (Å²) in [6.07, 6.45) is 20.9. The third kappa shape index (κ3) is 15.0. The van der Waals surface area contributed by atoms with Gasteiger partial charge in [-0.25, -0.2) is 0 Å². The predicted molar refractivity (Wildman–Crippen MR) is 92.7 cm³/mol. The summed E-state index contributed by atoms with van der Waals surface area (Å²) in [4.78, 5) is 10.9. The first-order valence-corrected chi connectivity index (χ1v) is 8.44. The standard InChI is InChI=1S/C19H32O3/c1-3-18(20)16-14-12-10-8-6-4-5-7-9-11-13-15-17-19(21)22-2/h4,6,10,12,14,16,18,20H,3,5,7-9,11,13,15,17H2,1-2H3/b6-4-,12-10-,16-14+. The molecule has 0 aliphatic rings. The third-order valence-corrected chi connectivity index (χ3v) is 3.42. The predicted octanol–water partition coefficient (Wildman–Crippen LogP) is 4.72. The Hall–Kier alpha value is -1.35. The van der Waals surface area contributed by atoms with E-state index in [1.165, 1.54) is 26.4 Å². The van der Waals surface area contributed by atoms with Gasteiger partial charge in [0.25, 0.3) is 0 Å². The van der Waals surface area contributed by atoms with E-state index in [0.29, 0.717) is 6.42 Å². The number of esters is 1. The zero-order chi connectivity index (χ0) is 16.5. The third-order valence-electron chi connectivity index (χ3n) is 3.42. The molecule has 3 heteroatoms. The number of ether oxygens (including phenoxy) is 1. The molecule has 0 aliphatic heterocycles. The van der Waals surface area contributed by atoms with E-state index in [9.17, 15) is 9.90 Å². The lowest BCUT2D eigenvalue weighted by atomic mass is 10.1. The Morgan fingerprint density at radius 1 is 1.05 bits per heavy atom. The number of allylic oxidation sites excluding steroid dienone is 5. The van der Waals surface area contributed by atoms with Crippen molar-refractivity contribution in [3.8, 4) is 0 Å². The SMILES string of the molecule is CCC(O)/C=C/C=C\C/C=C\CCCCCCCC(=O)OC. The minimum absolute atomic E-state index is 0.102. The van der Waals surface area contributed by atoms with Crippen LogP contribution in [0.3, 0.4) is 0 Å². The highest BCUT2D eigenvalue weighted by Gasteiger charge is 1.98. The van der Waals surface area contributed by atoms with Crippen LogP contribution in [-0.4, -0.2) is 24.3 Å². The molecule has 0 aromatic rings. The van der Waals surface area contributed by atoms with Gasteiger partial charge < -0.3 is 9.84 Å². The van der Waals surface area contributed by atoms with Crippen molar-refractivity contribution in [2.75, 3.05) is 7.11 Å². The van der Waals surface area contributed by atoms with Gasteiger partial charge in [0.15, 0.2) is 0 Å². The van der Waals surface area contributed by atoms with Crippen molar-refractivity contribution in [2.45, 2.75) is 70.8 Å². The lowest BCUT2D eigenvalue weighted by Gasteiger charge is -1.99. The quantitative estimate of drug-likeness (QED) is 0.232. The van der Waals surface area contributed by atoms with Crippen LogP contribution < -0.4 is 0 Å². The van der Waals surface area contributed by atoms with Crippen molar-refractivity contribution in [3.05, 3.63) is 36.5 Å². The van der Waals surface area contributed by atoms with E-state index in [1.807, 2.05) is 19.1 Å². The number of aliphatic hydroxyl groups is 1. The minimum atomic E-state index is -0.326. The van der Waals surface area contributed by atoms with Crippen molar-refractivity contribution < 1.29 is 14.6 Å². The van der Waals surface area contributed by atoms with E-state index < -0.39 is 0 Å². The maximum absolute atomic E-state index is 10.9. The van der Waals surface area contributed by atoms with E-state index in [2.05, 4.69) is 23.0 Å². The molecule has 0 saturated heterocycles. The molecule has 1 N–H and O–H groups in total. The van der Waals surface area contributed by atoms with Crippen molar-refractivity contribution in [2.24, 2.45) is 0 Å². The topological polar surface area (TPSA) is 46.5 Å². The molecular weight excluding hydrogens is 276 g/mol. The highest BCUT2D eigenvalue weighted by Crippen LogP contribution is 2.08. The zero-order valence-corrected chi connectivity index (χ0v) is 14.2. The van der Waals surface area contributed by atoms with Crippen molar-refractivity contribution in [1.82, 2.24) is 0 Å². The van der Waals surface area contributed by atoms with Crippen LogP contribution >= 0.6 is 0 Å². The van der Waals surface area contributed by atoms with Gasteiger partial charge in [0.1, 0.15) is 0 Å². The maximum atomic E-state index is 10.9. The normalized spacial score (nSPS) is 13.4. The van der Waals surface area contributed by atoms with E-state index in [-0.39, 0.29) is 12.1 Å². The fourth-order valence-corrected chi connectivity index (χ4v) is 1.94. The van der Waals surface area contributed by atoms with E-state index >= 15 is 0 Å². The summed E-state index contributed by atoms with van der Waals surface area (Å²) in [5.41, 5.74) is 0. The lowest BCUT2D eigenvalue weighted by molar-refractivity contribution is -0.140. The summed E-state index contributed by atoms with van der Waals surface area (Å²) in [5.74, 6) is -0.102. The second-order valence-corrected chi connectivity index (χ2v) is 5.38. The molecule has 0 bridgehead atoms. The summed E-state index contributed by atoms with van der Waals surface area (Å²) >= 11 is 0. The Balaban J connectivity index is 3.36. The van der Waals surface area contributed by atoms with Crippen LogP contribution in [0.1, 0.15) is 64.7 Å². The number of unbranched alkanes of at least 4 members (excludes halogenated alkanes) is 5. The van der Waals surface area contributed by atoms with Gasteiger partial charge in [0.05, 0.1) is 13.2 Å². The smallest absolute Gasteiger partial charge is 0.305 e. The summed E-state index contributed by atoms with van der Waals surface area (Å²) in [6.45, 7) is 1.96. The van der Waals surface area contributed by atoms with Gasteiger partial charge in [0.2, 0.25) is 0 Å². The van der Waals surface area contributed by atoms with Crippen LogP contribution in [0.2, 0.25) is 0 Å². The summed E-state index contributed by atoms with van der Waals surface area (Å²) < 4.78 is 4.60. The molecular formula is C19H32O3. The second kappa shape index (κ2) is 16.0. The highest BCUT2D eigenvalue weighted by molar-refractivity contribution is 5.68. The largest absolute Gasteiger partial charge is 0.469 e. The average molecular weight is 308 g/mol. The van der Waals surface area contributed by atoms with Crippen molar-refractivity contribution in [1.29, 1.82) is 0 Å². The first-order chi connectivity index (χ1) is 10.7. The maximum Gasteiger partial charge on any atom is 0.305 e. The molecule has 3 nitrogen and oxygen atoms in total. The zero-order valence-electron chi connectivity index (χ0n) is 14.2. The number of methoxy groups -OCH3 is 1. The first kappa shape index (κ1) is 20.6. The van der Waals surface area contributed by atoms with Crippen LogP contribution in [0.5, 0.6) is 0 Å².